The number of ether oxygens (including phenoxy) is 1. The first kappa shape index (κ1) is 19.8. The third kappa shape index (κ3) is 3.23. The molecule has 0 aliphatic carbocycles. The number of aromatic nitrogens is 2. The standard InChI is InChI=1S/C23H24N4O4/c1-26(13-16-12-24-9-10-25-16)21(29)19-18-6-8-23(31-18)14-27(22(30)20(19)23)17-4-2-15(3-5-17)7-11-28/h2-6,8-10,12,18-20,28H,7,11,13-14H2,1H3/t18-,19?,20?,23-/m1/s1. The summed E-state index contributed by atoms with van der Waals surface area (Å²) in [5, 5.41) is 9.11. The molecule has 3 aliphatic heterocycles. The second kappa shape index (κ2) is 7.55. The van der Waals surface area contributed by atoms with Crippen LogP contribution in [0.3, 0.4) is 0 Å². The van der Waals surface area contributed by atoms with Crippen LogP contribution < -0.4 is 4.90 Å². The molecule has 0 saturated carbocycles. The van der Waals surface area contributed by atoms with Gasteiger partial charge in [0.25, 0.3) is 0 Å². The summed E-state index contributed by atoms with van der Waals surface area (Å²) >= 11 is 0. The molecule has 160 valence electrons. The van der Waals surface area contributed by atoms with E-state index in [1.165, 1.54) is 0 Å². The van der Waals surface area contributed by atoms with E-state index >= 15 is 0 Å². The number of aliphatic hydroxyl groups is 1. The zero-order chi connectivity index (χ0) is 21.6. The van der Waals surface area contributed by atoms with Crippen molar-refractivity contribution in [1.82, 2.24) is 14.9 Å². The molecule has 2 saturated heterocycles. The minimum Gasteiger partial charge on any atom is -0.396 e. The smallest absolute Gasteiger partial charge is 0.234 e. The van der Waals surface area contributed by atoms with Gasteiger partial charge in [0.2, 0.25) is 11.8 Å². The highest BCUT2D eigenvalue weighted by atomic mass is 16.5. The van der Waals surface area contributed by atoms with Crippen LogP contribution in [0, 0.1) is 11.8 Å². The Balaban J connectivity index is 1.38. The Morgan fingerprint density at radius 3 is 2.84 bits per heavy atom. The third-order valence-corrected chi connectivity index (χ3v) is 6.43. The highest BCUT2D eigenvalue weighted by molar-refractivity contribution is 6.03. The van der Waals surface area contributed by atoms with Gasteiger partial charge in [-0.2, -0.15) is 0 Å². The fourth-order valence-corrected chi connectivity index (χ4v) is 4.96. The summed E-state index contributed by atoms with van der Waals surface area (Å²) < 4.78 is 6.22. The summed E-state index contributed by atoms with van der Waals surface area (Å²) in [5.41, 5.74) is 1.70. The van der Waals surface area contributed by atoms with Crippen LogP contribution in [-0.4, -0.2) is 63.7 Å². The van der Waals surface area contributed by atoms with E-state index < -0.39 is 17.4 Å². The molecule has 4 atom stereocenters. The summed E-state index contributed by atoms with van der Waals surface area (Å²) in [5.74, 6) is -1.32. The monoisotopic (exact) mass is 420 g/mol. The molecular formula is C23H24N4O4. The predicted octanol–water partition coefficient (Wildman–Crippen LogP) is 0.956. The van der Waals surface area contributed by atoms with Gasteiger partial charge in [0, 0.05) is 31.7 Å². The Morgan fingerprint density at radius 1 is 1.32 bits per heavy atom. The molecule has 1 aromatic heterocycles. The minimum absolute atomic E-state index is 0.0824. The highest BCUT2D eigenvalue weighted by Gasteiger charge is 2.67. The summed E-state index contributed by atoms with van der Waals surface area (Å²) in [6.07, 6.45) is 8.86. The SMILES string of the molecule is CN(Cc1cnccn1)C(=O)C1C2C(=O)N(c3ccc(CCO)cc3)C[C@]23C=C[C@H]1O3. The average molecular weight is 420 g/mol. The van der Waals surface area contributed by atoms with Gasteiger partial charge < -0.3 is 19.6 Å². The van der Waals surface area contributed by atoms with Gasteiger partial charge in [-0.15, -0.1) is 0 Å². The molecule has 0 radical (unpaired) electrons. The lowest BCUT2D eigenvalue weighted by atomic mass is 9.76. The van der Waals surface area contributed by atoms with Crippen LogP contribution in [0.4, 0.5) is 5.69 Å². The fraction of sp³-hybridized carbons (Fsp3) is 0.391. The van der Waals surface area contributed by atoms with E-state index in [2.05, 4.69) is 9.97 Å². The third-order valence-electron chi connectivity index (χ3n) is 6.43. The molecule has 2 aromatic rings. The molecule has 5 rings (SSSR count). The molecule has 1 N–H and O–H groups in total. The van der Waals surface area contributed by atoms with Gasteiger partial charge in [-0.1, -0.05) is 24.3 Å². The van der Waals surface area contributed by atoms with Crippen molar-refractivity contribution in [3.8, 4) is 0 Å². The van der Waals surface area contributed by atoms with Crippen LogP contribution in [0.25, 0.3) is 0 Å². The number of fused-ring (bicyclic) bond motifs is 1. The summed E-state index contributed by atoms with van der Waals surface area (Å²) in [4.78, 5) is 38.4. The second-order valence-corrected chi connectivity index (χ2v) is 8.36. The number of carbonyl (C=O) groups excluding carboxylic acids is 2. The number of rotatable bonds is 6. The molecule has 31 heavy (non-hydrogen) atoms. The number of nitrogens with zero attached hydrogens (tertiary/aromatic N) is 4. The zero-order valence-corrected chi connectivity index (χ0v) is 17.2. The minimum atomic E-state index is -0.765. The maximum atomic E-state index is 13.5. The Hall–Kier alpha value is -3.10. The molecule has 2 fully saturated rings. The molecule has 4 heterocycles. The van der Waals surface area contributed by atoms with Gasteiger partial charge in [-0.25, -0.2) is 0 Å². The summed E-state index contributed by atoms with van der Waals surface area (Å²) in [6, 6.07) is 7.59. The van der Waals surface area contributed by atoms with Gasteiger partial charge in [0.05, 0.1) is 42.9 Å². The maximum absolute atomic E-state index is 13.5. The molecule has 2 amide bonds. The lowest BCUT2D eigenvalue weighted by Gasteiger charge is -2.27. The molecule has 1 spiro atoms. The number of anilines is 1. The lowest BCUT2D eigenvalue weighted by Crippen LogP contribution is -2.44. The molecule has 8 nitrogen and oxygen atoms in total. The number of hydrogen-bond acceptors (Lipinski definition) is 6. The van der Waals surface area contributed by atoms with E-state index in [9.17, 15) is 9.59 Å². The van der Waals surface area contributed by atoms with Crippen molar-refractivity contribution in [2.45, 2.75) is 24.7 Å². The van der Waals surface area contributed by atoms with Crippen LogP contribution in [-0.2, 0) is 27.3 Å². The topological polar surface area (TPSA) is 95.9 Å². The van der Waals surface area contributed by atoms with E-state index in [4.69, 9.17) is 9.84 Å². The van der Waals surface area contributed by atoms with Gasteiger partial charge >= 0.3 is 0 Å². The number of amides is 2. The second-order valence-electron chi connectivity index (χ2n) is 8.36. The van der Waals surface area contributed by atoms with Crippen molar-refractivity contribution in [3.05, 3.63) is 66.3 Å². The quantitative estimate of drug-likeness (QED) is 0.700. The summed E-state index contributed by atoms with van der Waals surface area (Å²) in [7, 11) is 1.72. The van der Waals surface area contributed by atoms with E-state index in [-0.39, 0.29) is 24.5 Å². The van der Waals surface area contributed by atoms with Crippen molar-refractivity contribution in [2.75, 3.05) is 25.1 Å². The van der Waals surface area contributed by atoms with Crippen LogP contribution >= 0.6 is 0 Å². The van der Waals surface area contributed by atoms with Crippen LogP contribution in [0.15, 0.2) is 55.0 Å². The van der Waals surface area contributed by atoms with Gasteiger partial charge in [0.15, 0.2) is 0 Å². The first-order valence-electron chi connectivity index (χ1n) is 10.4. The van der Waals surface area contributed by atoms with E-state index in [1.807, 2.05) is 36.4 Å². The van der Waals surface area contributed by atoms with E-state index in [0.29, 0.717) is 25.2 Å². The molecule has 2 bridgehead atoms. The number of carbonyl (C=O) groups is 2. The molecular weight excluding hydrogens is 396 g/mol. The molecule has 2 unspecified atom stereocenters. The van der Waals surface area contributed by atoms with Crippen LogP contribution in [0.2, 0.25) is 0 Å². The van der Waals surface area contributed by atoms with Crippen molar-refractivity contribution in [3.63, 3.8) is 0 Å². The van der Waals surface area contributed by atoms with E-state index in [0.717, 1.165) is 11.3 Å². The predicted molar refractivity (Wildman–Crippen MR) is 112 cm³/mol. The van der Waals surface area contributed by atoms with E-state index in [1.54, 1.807) is 35.4 Å². The van der Waals surface area contributed by atoms with Gasteiger partial charge in [-0.05, 0) is 24.1 Å². The van der Waals surface area contributed by atoms with Crippen molar-refractivity contribution in [2.24, 2.45) is 11.8 Å². The Morgan fingerprint density at radius 2 is 2.13 bits per heavy atom. The zero-order valence-electron chi connectivity index (χ0n) is 17.2. The number of benzene rings is 1. The average Bonchev–Trinajstić information content (AvgIpc) is 3.43. The van der Waals surface area contributed by atoms with Crippen molar-refractivity contribution >= 4 is 17.5 Å². The largest absolute Gasteiger partial charge is 0.396 e. The Labute approximate surface area is 180 Å². The summed E-state index contributed by atoms with van der Waals surface area (Å²) in [6.45, 7) is 0.795. The van der Waals surface area contributed by atoms with Gasteiger partial charge in [0.1, 0.15) is 5.60 Å². The molecule has 1 aromatic carbocycles. The maximum Gasteiger partial charge on any atom is 0.234 e. The number of hydrogen-bond donors (Lipinski definition) is 1. The first-order valence-corrected chi connectivity index (χ1v) is 10.4. The molecule has 8 heteroatoms. The Bertz CT molecular complexity index is 1030. The Kier molecular flexibility index (Phi) is 4.83. The van der Waals surface area contributed by atoms with Crippen LogP contribution in [0.1, 0.15) is 11.3 Å². The fourth-order valence-electron chi connectivity index (χ4n) is 4.96. The van der Waals surface area contributed by atoms with Crippen LogP contribution in [0.5, 0.6) is 0 Å². The normalized spacial score (nSPS) is 28.3. The van der Waals surface area contributed by atoms with Crippen molar-refractivity contribution in [1.29, 1.82) is 0 Å². The number of aliphatic hydroxyl groups excluding tert-OH is 1. The highest BCUT2D eigenvalue weighted by Crippen LogP contribution is 2.53. The van der Waals surface area contributed by atoms with Crippen molar-refractivity contribution < 1.29 is 19.4 Å². The molecule has 3 aliphatic rings. The van der Waals surface area contributed by atoms with Gasteiger partial charge in [-0.3, -0.25) is 19.6 Å². The first-order chi connectivity index (χ1) is 15.0. The lowest BCUT2D eigenvalue weighted by molar-refractivity contribution is -0.139.